The van der Waals surface area contributed by atoms with E-state index in [1.807, 2.05) is 32.9 Å². The van der Waals surface area contributed by atoms with Crippen molar-refractivity contribution in [1.29, 1.82) is 0 Å². The van der Waals surface area contributed by atoms with Crippen LogP contribution in [0.2, 0.25) is 0 Å². The molecule has 0 saturated heterocycles. The second-order valence-electron chi connectivity index (χ2n) is 6.08. The van der Waals surface area contributed by atoms with Crippen LogP contribution >= 0.6 is 0 Å². The summed E-state index contributed by atoms with van der Waals surface area (Å²) in [7, 11) is 0.875. The zero-order chi connectivity index (χ0) is 15.3. The van der Waals surface area contributed by atoms with Crippen molar-refractivity contribution >= 4 is 10.8 Å². The Morgan fingerprint density at radius 3 is 2.55 bits per heavy atom. The first kappa shape index (κ1) is 17.2. The number of ether oxygens (including phenoxy) is 1. The van der Waals surface area contributed by atoms with Gasteiger partial charge in [-0.3, -0.25) is 4.21 Å². The summed E-state index contributed by atoms with van der Waals surface area (Å²) < 4.78 is 17.3. The second-order valence-corrected chi connectivity index (χ2v) is 8.41. The first-order chi connectivity index (χ1) is 9.25. The van der Waals surface area contributed by atoms with Gasteiger partial charge in [0, 0.05) is 39.4 Å². The predicted octanol–water partition coefficient (Wildman–Crippen LogP) is 3.20. The Balaban J connectivity index is 2.61. The summed E-state index contributed by atoms with van der Waals surface area (Å²) in [5.41, 5.74) is 2.36. The number of hydrogen-bond donors (Lipinski definition) is 1. The van der Waals surface area contributed by atoms with E-state index in [1.165, 1.54) is 5.56 Å². The molecule has 1 N–H and O–H groups in total. The van der Waals surface area contributed by atoms with Gasteiger partial charge in [-0.1, -0.05) is 17.7 Å². The van der Waals surface area contributed by atoms with Gasteiger partial charge in [-0.25, -0.2) is 0 Å². The number of rotatable bonds is 6. The van der Waals surface area contributed by atoms with Crippen LogP contribution in [0.3, 0.4) is 0 Å². The maximum absolute atomic E-state index is 12.0. The lowest BCUT2D eigenvalue weighted by molar-refractivity contribution is 0.402. The highest BCUT2D eigenvalue weighted by Crippen LogP contribution is 2.25. The molecule has 114 valence electrons. The number of aryl methyl sites for hydroxylation is 1. The van der Waals surface area contributed by atoms with Crippen molar-refractivity contribution in [3.8, 4) is 5.75 Å². The smallest absolute Gasteiger partial charge is 0.123 e. The van der Waals surface area contributed by atoms with Crippen LogP contribution in [0.15, 0.2) is 18.2 Å². The third-order valence-electron chi connectivity index (χ3n) is 3.27. The average Bonchev–Trinajstić information content (AvgIpc) is 2.37. The van der Waals surface area contributed by atoms with Gasteiger partial charge in [-0.2, -0.15) is 0 Å². The van der Waals surface area contributed by atoms with Crippen molar-refractivity contribution in [3.63, 3.8) is 0 Å². The molecular formula is C16H27NO2S. The van der Waals surface area contributed by atoms with E-state index in [0.717, 1.165) is 17.9 Å². The van der Waals surface area contributed by atoms with E-state index < -0.39 is 10.8 Å². The summed E-state index contributed by atoms with van der Waals surface area (Å²) in [4.78, 5) is 0. The molecule has 1 rings (SSSR count). The molecule has 0 aliphatic rings. The van der Waals surface area contributed by atoms with Gasteiger partial charge in [-0.15, -0.1) is 0 Å². The number of benzene rings is 1. The molecule has 1 aromatic carbocycles. The number of methoxy groups -OCH3 is 1. The minimum Gasteiger partial charge on any atom is -0.496 e. The summed E-state index contributed by atoms with van der Waals surface area (Å²) in [6, 6.07) is 6.36. The first-order valence-corrected chi connectivity index (χ1v) is 8.34. The molecule has 0 fully saturated rings. The van der Waals surface area contributed by atoms with E-state index in [-0.39, 0.29) is 10.8 Å². The SMILES string of the molecule is COc1ccc(C)cc1[C@H](C)NCC[S@](=O)C(C)(C)C. The van der Waals surface area contributed by atoms with Gasteiger partial charge in [-0.05, 0) is 40.7 Å². The molecule has 2 atom stereocenters. The number of nitrogens with one attached hydrogen (secondary N) is 1. The highest BCUT2D eigenvalue weighted by atomic mass is 32.2. The van der Waals surface area contributed by atoms with E-state index in [0.29, 0.717) is 5.75 Å². The normalized spacial score (nSPS) is 14.9. The van der Waals surface area contributed by atoms with Crippen LogP contribution in [0.1, 0.15) is 44.9 Å². The molecule has 20 heavy (non-hydrogen) atoms. The maximum atomic E-state index is 12.0. The molecule has 0 amide bonds. The molecule has 0 spiro atoms. The van der Waals surface area contributed by atoms with Crippen LogP contribution in [0.25, 0.3) is 0 Å². The maximum Gasteiger partial charge on any atom is 0.123 e. The fourth-order valence-electron chi connectivity index (χ4n) is 1.98. The van der Waals surface area contributed by atoms with E-state index >= 15 is 0 Å². The summed E-state index contributed by atoms with van der Waals surface area (Å²) in [5.74, 6) is 1.56. The molecular weight excluding hydrogens is 270 g/mol. The predicted molar refractivity (Wildman–Crippen MR) is 86.9 cm³/mol. The third kappa shape index (κ3) is 4.91. The monoisotopic (exact) mass is 297 g/mol. The zero-order valence-corrected chi connectivity index (χ0v) is 14.3. The lowest BCUT2D eigenvalue weighted by atomic mass is 10.0. The molecule has 0 radical (unpaired) electrons. The van der Waals surface area contributed by atoms with Crippen molar-refractivity contribution in [2.75, 3.05) is 19.4 Å². The standard InChI is InChI=1S/C16H27NO2S/c1-12-7-8-15(19-6)14(11-12)13(2)17-9-10-20(18)16(3,4)5/h7-8,11,13,17H,9-10H2,1-6H3/t13-,20-/m0/s1. The average molecular weight is 297 g/mol. The Bertz CT molecular complexity index is 466. The Hall–Kier alpha value is -0.870. The van der Waals surface area contributed by atoms with Gasteiger partial charge >= 0.3 is 0 Å². The number of hydrogen-bond acceptors (Lipinski definition) is 3. The van der Waals surface area contributed by atoms with Crippen LogP contribution in [0.4, 0.5) is 0 Å². The molecule has 0 aliphatic heterocycles. The molecule has 3 nitrogen and oxygen atoms in total. The molecule has 4 heteroatoms. The Morgan fingerprint density at radius 2 is 2.00 bits per heavy atom. The lowest BCUT2D eigenvalue weighted by Gasteiger charge is -2.20. The van der Waals surface area contributed by atoms with Gasteiger partial charge in [0.05, 0.1) is 7.11 Å². The van der Waals surface area contributed by atoms with Gasteiger partial charge in [0.25, 0.3) is 0 Å². The molecule has 0 saturated carbocycles. The van der Waals surface area contributed by atoms with Gasteiger partial charge in [0.1, 0.15) is 5.75 Å². The van der Waals surface area contributed by atoms with E-state index in [1.54, 1.807) is 7.11 Å². The molecule has 0 unspecified atom stereocenters. The van der Waals surface area contributed by atoms with Gasteiger partial charge < -0.3 is 10.1 Å². The second kappa shape index (κ2) is 7.23. The fraction of sp³-hybridized carbons (Fsp3) is 0.625. The van der Waals surface area contributed by atoms with Gasteiger partial charge in [0.2, 0.25) is 0 Å². The summed E-state index contributed by atoms with van der Waals surface area (Å²) >= 11 is 0. The lowest BCUT2D eigenvalue weighted by Crippen LogP contribution is -2.31. The quantitative estimate of drug-likeness (QED) is 0.876. The van der Waals surface area contributed by atoms with Crippen LogP contribution in [0, 0.1) is 6.92 Å². The molecule has 1 aromatic rings. The zero-order valence-electron chi connectivity index (χ0n) is 13.4. The van der Waals surface area contributed by atoms with Gasteiger partial charge in [0.15, 0.2) is 0 Å². The Morgan fingerprint density at radius 1 is 1.35 bits per heavy atom. The van der Waals surface area contributed by atoms with Crippen molar-refractivity contribution in [1.82, 2.24) is 5.32 Å². The van der Waals surface area contributed by atoms with Crippen LogP contribution < -0.4 is 10.1 Å². The molecule has 0 aromatic heterocycles. The van der Waals surface area contributed by atoms with Crippen molar-refractivity contribution in [3.05, 3.63) is 29.3 Å². The van der Waals surface area contributed by atoms with E-state index in [9.17, 15) is 4.21 Å². The minimum absolute atomic E-state index is 0.147. The minimum atomic E-state index is -0.815. The fourth-order valence-corrected chi connectivity index (χ4v) is 2.89. The highest BCUT2D eigenvalue weighted by molar-refractivity contribution is 7.86. The van der Waals surface area contributed by atoms with Crippen molar-refractivity contribution < 1.29 is 8.95 Å². The summed E-state index contributed by atoms with van der Waals surface area (Å²) in [6.07, 6.45) is 0. The van der Waals surface area contributed by atoms with Crippen molar-refractivity contribution in [2.45, 2.75) is 45.4 Å². The molecule has 0 heterocycles. The largest absolute Gasteiger partial charge is 0.496 e. The van der Waals surface area contributed by atoms with Crippen LogP contribution in [-0.4, -0.2) is 28.4 Å². The highest BCUT2D eigenvalue weighted by Gasteiger charge is 2.19. The Kier molecular flexibility index (Phi) is 6.21. The topological polar surface area (TPSA) is 38.3 Å². The molecule has 0 bridgehead atoms. The summed E-state index contributed by atoms with van der Waals surface area (Å²) in [6.45, 7) is 11.0. The summed E-state index contributed by atoms with van der Waals surface area (Å²) in [5, 5.41) is 3.43. The molecule has 0 aliphatic carbocycles. The van der Waals surface area contributed by atoms with E-state index in [2.05, 4.69) is 25.2 Å². The van der Waals surface area contributed by atoms with Crippen LogP contribution in [0.5, 0.6) is 5.75 Å². The van der Waals surface area contributed by atoms with Crippen LogP contribution in [-0.2, 0) is 10.8 Å². The van der Waals surface area contributed by atoms with E-state index in [4.69, 9.17) is 4.74 Å². The first-order valence-electron chi connectivity index (χ1n) is 7.02. The Labute approximate surface area is 125 Å². The van der Waals surface area contributed by atoms with Crippen molar-refractivity contribution in [2.24, 2.45) is 0 Å². The third-order valence-corrected chi connectivity index (χ3v) is 5.21.